The predicted octanol–water partition coefficient (Wildman–Crippen LogP) is 2.72. The van der Waals surface area contributed by atoms with E-state index >= 15 is 0 Å². The quantitative estimate of drug-likeness (QED) is 0.745. The van der Waals surface area contributed by atoms with Gasteiger partial charge in [0.15, 0.2) is 0 Å². The maximum Gasteiger partial charge on any atom is 0.326 e. The smallest absolute Gasteiger partial charge is 0.326 e. The highest BCUT2D eigenvalue weighted by molar-refractivity contribution is 5.83. The normalized spacial score (nSPS) is 21.9. The average Bonchev–Trinajstić information content (AvgIpc) is 3.21. The van der Waals surface area contributed by atoms with Crippen molar-refractivity contribution in [2.45, 2.75) is 70.3 Å². The number of carboxylic acids is 1. The third-order valence-electron chi connectivity index (χ3n) is 4.42. The highest BCUT2D eigenvalue weighted by Crippen LogP contribution is 2.33. The molecule has 0 saturated heterocycles. The number of carbonyl (C=O) groups excluding carboxylic acids is 1. The molecule has 0 spiro atoms. The minimum atomic E-state index is -0.886. The van der Waals surface area contributed by atoms with Crippen LogP contribution in [0, 0.1) is 11.8 Å². The Kier molecular flexibility index (Phi) is 5.23. The molecule has 0 aromatic heterocycles. The van der Waals surface area contributed by atoms with E-state index in [-0.39, 0.29) is 11.8 Å². The van der Waals surface area contributed by atoms with Crippen molar-refractivity contribution in [3.05, 3.63) is 0 Å². The Morgan fingerprint density at radius 3 is 2.37 bits per heavy atom. The van der Waals surface area contributed by atoms with Gasteiger partial charge in [-0.15, -0.1) is 0 Å². The maximum atomic E-state index is 11.8. The summed E-state index contributed by atoms with van der Waals surface area (Å²) in [7, 11) is 0. The van der Waals surface area contributed by atoms with E-state index < -0.39 is 12.0 Å². The minimum Gasteiger partial charge on any atom is -0.480 e. The summed E-state index contributed by atoms with van der Waals surface area (Å²) in [6.07, 6.45) is 11.0. The SMILES string of the molecule is O=C(CCCC1CCCCC1)NC(C(=O)O)C1CC1. The number of amides is 1. The van der Waals surface area contributed by atoms with E-state index in [1.54, 1.807) is 0 Å². The Bertz CT molecular complexity index is 319. The van der Waals surface area contributed by atoms with Crippen molar-refractivity contribution in [1.82, 2.24) is 5.32 Å². The largest absolute Gasteiger partial charge is 0.480 e. The molecule has 0 bridgehead atoms. The Morgan fingerprint density at radius 1 is 1.11 bits per heavy atom. The predicted molar refractivity (Wildman–Crippen MR) is 72.7 cm³/mol. The molecule has 2 rings (SSSR count). The van der Waals surface area contributed by atoms with E-state index in [0.29, 0.717) is 6.42 Å². The number of hydrogen-bond acceptors (Lipinski definition) is 2. The molecule has 2 aliphatic carbocycles. The number of hydrogen-bond donors (Lipinski definition) is 2. The van der Waals surface area contributed by atoms with Gasteiger partial charge in [-0.25, -0.2) is 4.79 Å². The molecule has 2 aliphatic rings. The summed E-state index contributed by atoms with van der Waals surface area (Å²) < 4.78 is 0. The highest BCUT2D eigenvalue weighted by Gasteiger charge is 2.37. The third-order valence-corrected chi connectivity index (χ3v) is 4.42. The molecule has 0 radical (unpaired) electrons. The average molecular weight is 267 g/mol. The number of carbonyl (C=O) groups is 2. The Balaban J connectivity index is 1.62. The van der Waals surface area contributed by atoms with Crippen molar-refractivity contribution in [1.29, 1.82) is 0 Å². The van der Waals surface area contributed by atoms with Crippen molar-refractivity contribution in [2.75, 3.05) is 0 Å². The minimum absolute atomic E-state index is 0.0879. The van der Waals surface area contributed by atoms with Gasteiger partial charge >= 0.3 is 5.97 Å². The van der Waals surface area contributed by atoms with Gasteiger partial charge in [0.2, 0.25) is 5.91 Å². The van der Waals surface area contributed by atoms with E-state index in [0.717, 1.165) is 31.6 Å². The van der Waals surface area contributed by atoms with Crippen LogP contribution in [0.1, 0.15) is 64.2 Å². The Hall–Kier alpha value is -1.06. The van der Waals surface area contributed by atoms with Crippen LogP contribution in [-0.2, 0) is 9.59 Å². The molecule has 0 aromatic rings. The summed E-state index contributed by atoms with van der Waals surface area (Å²) in [5.41, 5.74) is 0. The van der Waals surface area contributed by atoms with Crippen molar-refractivity contribution in [3.63, 3.8) is 0 Å². The molecule has 2 N–H and O–H groups in total. The summed E-state index contributed by atoms with van der Waals surface area (Å²) in [4.78, 5) is 22.8. The first-order chi connectivity index (χ1) is 9.16. The molecule has 4 nitrogen and oxygen atoms in total. The molecular formula is C15H25NO3. The molecule has 1 atom stereocenters. The molecule has 1 amide bonds. The molecule has 0 aromatic carbocycles. The van der Waals surface area contributed by atoms with Gasteiger partial charge in [0.25, 0.3) is 0 Å². The zero-order chi connectivity index (χ0) is 13.7. The van der Waals surface area contributed by atoms with E-state index in [9.17, 15) is 9.59 Å². The van der Waals surface area contributed by atoms with E-state index in [1.165, 1.54) is 32.1 Å². The number of rotatable bonds is 7. The number of nitrogens with one attached hydrogen (secondary N) is 1. The number of carboxylic acid groups (broad SMARTS) is 1. The van der Waals surface area contributed by atoms with E-state index in [2.05, 4.69) is 5.32 Å². The molecule has 108 valence electrons. The first-order valence-corrected chi connectivity index (χ1v) is 7.69. The van der Waals surface area contributed by atoms with Crippen molar-refractivity contribution < 1.29 is 14.7 Å². The maximum absolute atomic E-state index is 11.8. The second kappa shape index (κ2) is 6.92. The van der Waals surface area contributed by atoms with Gasteiger partial charge < -0.3 is 10.4 Å². The topological polar surface area (TPSA) is 66.4 Å². The zero-order valence-corrected chi connectivity index (χ0v) is 11.6. The first-order valence-electron chi connectivity index (χ1n) is 7.69. The Morgan fingerprint density at radius 2 is 1.79 bits per heavy atom. The fraction of sp³-hybridized carbons (Fsp3) is 0.867. The van der Waals surface area contributed by atoms with Gasteiger partial charge in [-0.2, -0.15) is 0 Å². The number of aliphatic carboxylic acids is 1. The molecule has 4 heteroatoms. The van der Waals surface area contributed by atoms with Crippen LogP contribution in [0.2, 0.25) is 0 Å². The van der Waals surface area contributed by atoms with Crippen molar-refractivity contribution in [2.24, 2.45) is 11.8 Å². The highest BCUT2D eigenvalue weighted by atomic mass is 16.4. The fourth-order valence-corrected chi connectivity index (χ4v) is 3.08. The zero-order valence-electron chi connectivity index (χ0n) is 11.6. The lowest BCUT2D eigenvalue weighted by atomic mass is 9.86. The summed E-state index contributed by atoms with van der Waals surface area (Å²) in [5, 5.41) is 11.7. The molecule has 0 aliphatic heterocycles. The lowest BCUT2D eigenvalue weighted by molar-refractivity contribution is -0.142. The van der Waals surface area contributed by atoms with Crippen LogP contribution in [0.4, 0.5) is 0 Å². The molecule has 2 fully saturated rings. The van der Waals surface area contributed by atoms with Crippen LogP contribution in [0.25, 0.3) is 0 Å². The van der Waals surface area contributed by atoms with Gasteiger partial charge in [-0.1, -0.05) is 32.1 Å². The second-order valence-corrected chi connectivity index (χ2v) is 6.12. The fourth-order valence-electron chi connectivity index (χ4n) is 3.08. The van der Waals surface area contributed by atoms with Crippen LogP contribution >= 0.6 is 0 Å². The lowest BCUT2D eigenvalue weighted by Gasteiger charge is -2.21. The summed E-state index contributed by atoms with van der Waals surface area (Å²) in [6.45, 7) is 0. The summed E-state index contributed by atoms with van der Waals surface area (Å²) in [6, 6.07) is -0.651. The molecular weight excluding hydrogens is 242 g/mol. The molecule has 0 heterocycles. The monoisotopic (exact) mass is 267 g/mol. The van der Waals surface area contributed by atoms with Gasteiger partial charge in [-0.3, -0.25) is 4.79 Å². The molecule has 1 unspecified atom stereocenters. The molecule has 19 heavy (non-hydrogen) atoms. The second-order valence-electron chi connectivity index (χ2n) is 6.12. The Labute approximate surface area is 115 Å². The van der Waals surface area contributed by atoms with Crippen LogP contribution in [0.15, 0.2) is 0 Å². The summed E-state index contributed by atoms with van der Waals surface area (Å²) in [5.74, 6) is -0.0155. The van der Waals surface area contributed by atoms with Crippen LogP contribution in [0.5, 0.6) is 0 Å². The molecule has 2 saturated carbocycles. The van der Waals surface area contributed by atoms with Gasteiger partial charge in [0, 0.05) is 6.42 Å². The standard InChI is InChI=1S/C15H25NO3/c17-13(16-14(15(18)19)12-9-10-12)8-4-7-11-5-2-1-3-6-11/h11-12,14H,1-10H2,(H,16,17)(H,18,19). The van der Waals surface area contributed by atoms with Crippen molar-refractivity contribution >= 4 is 11.9 Å². The van der Waals surface area contributed by atoms with Crippen molar-refractivity contribution in [3.8, 4) is 0 Å². The lowest BCUT2D eigenvalue weighted by Crippen LogP contribution is -2.42. The van der Waals surface area contributed by atoms with Crippen LogP contribution in [-0.4, -0.2) is 23.0 Å². The first kappa shape index (κ1) is 14.4. The van der Waals surface area contributed by atoms with Crippen LogP contribution < -0.4 is 5.32 Å². The third kappa shape index (κ3) is 4.84. The van der Waals surface area contributed by atoms with E-state index in [1.807, 2.05) is 0 Å². The van der Waals surface area contributed by atoms with Crippen LogP contribution in [0.3, 0.4) is 0 Å². The summed E-state index contributed by atoms with van der Waals surface area (Å²) >= 11 is 0. The van der Waals surface area contributed by atoms with Gasteiger partial charge in [0.1, 0.15) is 6.04 Å². The van der Waals surface area contributed by atoms with E-state index in [4.69, 9.17) is 5.11 Å². The van der Waals surface area contributed by atoms with Gasteiger partial charge in [-0.05, 0) is 37.5 Å². The van der Waals surface area contributed by atoms with Gasteiger partial charge in [0.05, 0.1) is 0 Å².